The molecule has 4 heteroatoms. The topological polar surface area (TPSA) is 35.2 Å². The third-order valence-corrected chi connectivity index (χ3v) is 3.77. The summed E-state index contributed by atoms with van der Waals surface area (Å²) in [6.45, 7) is 0.860. The molecule has 2 nitrogen and oxygen atoms in total. The third-order valence-electron chi connectivity index (χ3n) is 3.41. The normalized spacial score (nSPS) is 21.2. The summed E-state index contributed by atoms with van der Waals surface area (Å²) in [5.41, 5.74) is 6.57. The van der Waals surface area contributed by atoms with E-state index in [0.717, 1.165) is 32.3 Å². The van der Waals surface area contributed by atoms with Gasteiger partial charge in [-0.1, -0.05) is 17.7 Å². The number of halogens is 2. The second kappa shape index (κ2) is 6.50. The summed E-state index contributed by atoms with van der Waals surface area (Å²) in [7, 11) is 0. The fourth-order valence-electron chi connectivity index (χ4n) is 2.36. The second-order valence-electron chi connectivity index (χ2n) is 4.88. The first kappa shape index (κ1) is 13.8. The SMILES string of the molecule is NC(CCC1CCCO1)Cc1c(F)cccc1Cl. The van der Waals surface area contributed by atoms with Crippen molar-refractivity contribution in [2.45, 2.75) is 44.2 Å². The van der Waals surface area contributed by atoms with Crippen LogP contribution in [0.2, 0.25) is 5.02 Å². The predicted octanol–water partition coefficient (Wildman–Crippen LogP) is 3.31. The highest BCUT2D eigenvalue weighted by molar-refractivity contribution is 6.31. The zero-order valence-corrected chi connectivity index (χ0v) is 11.1. The highest BCUT2D eigenvalue weighted by atomic mass is 35.5. The van der Waals surface area contributed by atoms with Gasteiger partial charge in [-0.25, -0.2) is 4.39 Å². The maximum absolute atomic E-state index is 13.6. The first-order chi connectivity index (χ1) is 8.66. The lowest BCUT2D eigenvalue weighted by molar-refractivity contribution is 0.101. The molecule has 1 saturated heterocycles. The molecule has 1 aromatic rings. The Balaban J connectivity index is 1.84. The van der Waals surface area contributed by atoms with Crippen LogP contribution in [0.1, 0.15) is 31.2 Å². The maximum Gasteiger partial charge on any atom is 0.127 e. The van der Waals surface area contributed by atoms with Crippen molar-refractivity contribution < 1.29 is 9.13 Å². The summed E-state index contributed by atoms with van der Waals surface area (Å²) >= 11 is 5.98. The molecule has 1 heterocycles. The lowest BCUT2D eigenvalue weighted by Crippen LogP contribution is -2.25. The average molecular weight is 272 g/mol. The van der Waals surface area contributed by atoms with Crippen LogP contribution in [-0.2, 0) is 11.2 Å². The lowest BCUT2D eigenvalue weighted by Gasteiger charge is -2.15. The first-order valence-corrected chi connectivity index (χ1v) is 6.84. The van der Waals surface area contributed by atoms with Crippen molar-refractivity contribution in [2.24, 2.45) is 5.73 Å². The van der Waals surface area contributed by atoms with Gasteiger partial charge in [0.15, 0.2) is 0 Å². The Morgan fingerprint density at radius 1 is 1.50 bits per heavy atom. The van der Waals surface area contributed by atoms with Gasteiger partial charge in [-0.05, 0) is 44.2 Å². The first-order valence-electron chi connectivity index (χ1n) is 6.47. The molecule has 1 aromatic carbocycles. The minimum atomic E-state index is -0.268. The largest absolute Gasteiger partial charge is 0.378 e. The molecule has 2 N–H and O–H groups in total. The van der Waals surface area contributed by atoms with E-state index in [1.54, 1.807) is 12.1 Å². The fourth-order valence-corrected chi connectivity index (χ4v) is 2.60. The van der Waals surface area contributed by atoms with Crippen molar-refractivity contribution in [1.82, 2.24) is 0 Å². The van der Waals surface area contributed by atoms with E-state index in [-0.39, 0.29) is 11.9 Å². The van der Waals surface area contributed by atoms with Gasteiger partial charge in [0, 0.05) is 23.2 Å². The third kappa shape index (κ3) is 3.67. The van der Waals surface area contributed by atoms with Crippen LogP contribution >= 0.6 is 11.6 Å². The van der Waals surface area contributed by atoms with Gasteiger partial charge >= 0.3 is 0 Å². The molecule has 1 fully saturated rings. The summed E-state index contributed by atoms with van der Waals surface area (Å²) < 4.78 is 19.1. The minimum Gasteiger partial charge on any atom is -0.378 e. The van der Waals surface area contributed by atoms with Gasteiger partial charge < -0.3 is 10.5 Å². The molecule has 1 aliphatic heterocycles. The number of ether oxygens (including phenoxy) is 1. The Labute approximate surface area is 112 Å². The molecule has 0 radical (unpaired) electrons. The predicted molar refractivity (Wildman–Crippen MR) is 71.3 cm³/mol. The average Bonchev–Trinajstić information content (AvgIpc) is 2.84. The summed E-state index contributed by atoms with van der Waals surface area (Å²) in [5.74, 6) is -0.268. The molecule has 0 amide bonds. The van der Waals surface area contributed by atoms with Crippen LogP contribution in [0, 0.1) is 5.82 Å². The van der Waals surface area contributed by atoms with E-state index in [4.69, 9.17) is 22.1 Å². The smallest absolute Gasteiger partial charge is 0.127 e. The quantitative estimate of drug-likeness (QED) is 0.892. The Morgan fingerprint density at radius 2 is 2.33 bits per heavy atom. The van der Waals surface area contributed by atoms with Gasteiger partial charge in [-0.2, -0.15) is 0 Å². The van der Waals surface area contributed by atoms with E-state index in [9.17, 15) is 4.39 Å². The van der Waals surface area contributed by atoms with Gasteiger partial charge in [0.1, 0.15) is 5.82 Å². The van der Waals surface area contributed by atoms with Gasteiger partial charge in [-0.3, -0.25) is 0 Å². The molecule has 2 unspecified atom stereocenters. The van der Waals surface area contributed by atoms with Gasteiger partial charge in [0.05, 0.1) is 6.10 Å². The molecular weight excluding hydrogens is 253 g/mol. The number of nitrogens with two attached hydrogens (primary N) is 1. The monoisotopic (exact) mass is 271 g/mol. The molecular formula is C14H19ClFNO. The summed E-state index contributed by atoms with van der Waals surface area (Å²) in [4.78, 5) is 0. The maximum atomic E-state index is 13.6. The van der Waals surface area contributed by atoms with E-state index in [2.05, 4.69) is 0 Å². The lowest BCUT2D eigenvalue weighted by atomic mass is 10.00. The zero-order valence-electron chi connectivity index (χ0n) is 10.4. The van der Waals surface area contributed by atoms with E-state index in [1.807, 2.05) is 0 Å². The standard InChI is InChI=1S/C14H19ClFNO/c15-13-4-1-5-14(16)12(13)9-10(17)6-7-11-3-2-8-18-11/h1,4-5,10-11H,2-3,6-9,17H2. The van der Waals surface area contributed by atoms with Gasteiger partial charge in [0.25, 0.3) is 0 Å². The van der Waals surface area contributed by atoms with E-state index >= 15 is 0 Å². The van der Waals surface area contributed by atoms with Crippen LogP contribution in [-0.4, -0.2) is 18.8 Å². The number of hydrogen-bond acceptors (Lipinski definition) is 2. The molecule has 2 rings (SSSR count). The van der Waals surface area contributed by atoms with Crippen molar-refractivity contribution >= 4 is 11.6 Å². The number of benzene rings is 1. The molecule has 0 spiro atoms. The molecule has 1 aliphatic rings. The van der Waals surface area contributed by atoms with Gasteiger partial charge in [0.2, 0.25) is 0 Å². The zero-order chi connectivity index (χ0) is 13.0. The number of rotatable bonds is 5. The molecule has 0 aliphatic carbocycles. The van der Waals surface area contributed by atoms with E-state index in [1.165, 1.54) is 6.07 Å². The summed E-state index contributed by atoms with van der Waals surface area (Å²) in [5, 5.41) is 0.461. The molecule has 0 aromatic heterocycles. The summed E-state index contributed by atoms with van der Waals surface area (Å²) in [6.07, 6.45) is 4.87. The van der Waals surface area contributed by atoms with Crippen molar-refractivity contribution in [3.05, 3.63) is 34.6 Å². The van der Waals surface area contributed by atoms with Crippen molar-refractivity contribution in [3.8, 4) is 0 Å². The highest BCUT2D eigenvalue weighted by Gasteiger charge is 2.18. The van der Waals surface area contributed by atoms with Crippen molar-refractivity contribution in [2.75, 3.05) is 6.61 Å². The Bertz CT molecular complexity index is 373. The minimum absolute atomic E-state index is 0.0661. The highest BCUT2D eigenvalue weighted by Crippen LogP contribution is 2.22. The summed E-state index contributed by atoms with van der Waals surface area (Å²) in [6, 6.07) is 4.67. The Hall–Kier alpha value is -0.640. The number of hydrogen-bond donors (Lipinski definition) is 1. The van der Waals surface area contributed by atoms with Crippen LogP contribution < -0.4 is 5.73 Å². The molecule has 0 bridgehead atoms. The van der Waals surface area contributed by atoms with Crippen molar-refractivity contribution in [1.29, 1.82) is 0 Å². The van der Waals surface area contributed by atoms with Crippen LogP contribution in [0.25, 0.3) is 0 Å². The fraction of sp³-hybridized carbons (Fsp3) is 0.571. The molecule has 0 saturated carbocycles. The van der Waals surface area contributed by atoms with E-state index < -0.39 is 0 Å². The van der Waals surface area contributed by atoms with Crippen LogP contribution in [0.3, 0.4) is 0 Å². The molecule has 100 valence electrons. The van der Waals surface area contributed by atoms with Crippen LogP contribution in [0.4, 0.5) is 4.39 Å². The van der Waals surface area contributed by atoms with Crippen LogP contribution in [0.5, 0.6) is 0 Å². The molecule has 2 atom stereocenters. The Morgan fingerprint density at radius 3 is 3.00 bits per heavy atom. The van der Waals surface area contributed by atoms with Gasteiger partial charge in [-0.15, -0.1) is 0 Å². The van der Waals surface area contributed by atoms with Crippen LogP contribution in [0.15, 0.2) is 18.2 Å². The Kier molecular flexibility index (Phi) is 4.98. The second-order valence-corrected chi connectivity index (χ2v) is 5.28. The van der Waals surface area contributed by atoms with E-state index in [0.29, 0.717) is 23.1 Å². The van der Waals surface area contributed by atoms with Crippen molar-refractivity contribution in [3.63, 3.8) is 0 Å². The molecule has 18 heavy (non-hydrogen) atoms.